The minimum absolute atomic E-state index is 0.00350. The van der Waals surface area contributed by atoms with Crippen LogP contribution in [0.3, 0.4) is 0 Å². The highest BCUT2D eigenvalue weighted by Crippen LogP contribution is 2.18. The molecule has 4 N–H and O–H groups in total. The first kappa shape index (κ1) is 15.6. The molecule has 2 unspecified atom stereocenters. The quantitative estimate of drug-likeness (QED) is 0.704. The van der Waals surface area contributed by atoms with Crippen molar-refractivity contribution < 1.29 is 14.7 Å². The fraction of sp³-hybridized carbons (Fsp3) is 0.583. The van der Waals surface area contributed by atoms with E-state index in [0.29, 0.717) is 5.01 Å². The maximum atomic E-state index is 11.7. The molecule has 0 saturated carbocycles. The van der Waals surface area contributed by atoms with Crippen LogP contribution in [0.1, 0.15) is 54.6 Å². The van der Waals surface area contributed by atoms with Crippen LogP contribution in [0, 0.1) is 0 Å². The second-order valence-corrected chi connectivity index (χ2v) is 5.31. The van der Waals surface area contributed by atoms with Crippen LogP contribution in [0.2, 0.25) is 0 Å². The zero-order valence-electron chi connectivity index (χ0n) is 11.0. The van der Waals surface area contributed by atoms with Gasteiger partial charge in [-0.15, -0.1) is 11.3 Å². The topological polar surface area (TPSA) is 105 Å². The number of thiazole rings is 1. The third-order valence-corrected chi connectivity index (χ3v) is 3.62. The number of amides is 1. The Morgan fingerprint density at radius 3 is 2.79 bits per heavy atom. The predicted octanol–water partition coefficient (Wildman–Crippen LogP) is 1.54. The number of nitrogens with two attached hydrogens (primary N) is 1. The van der Waals surface area contributed by atoms with Crippen LogP contribution in [0.15, 0.2) is 5.38 Å². The fourth-order valence-electron chi connectivity index (χ4n) is 1.66. The van der Waals surface area contributed by atoms with Gasteiger partial charge in [0.25, 0.3) is 0 Å². The predicted molar refractivity (Wildman–Crippen MR) is 73.1 cm³/mol. The number of rotatable bonds is 7. The molecule has 2 atom stereocenters. The van der Waals surface area contributed by atoms with Gasteiger partial charge in [0.1, 0.15) is 5.01 Å². The van der Waals surface area contributed by atoms with Crippen molar-refractivity contribution in [3.8, 4) is 0 Å². The summed E-state index contributed by atoms with van der Waals surface area (Å²) in [5.41, 5.74) is 5.80. The van der Waals surface area contributed by atoms with Crippen molar-refractivity contribution in [2.24, 2.45) is 5.73 Å². The summed E-state index contributed by atoms with van der Waals surface area (Å²) in [6.45, 7) is 3.79. The molecule has 0 saturated heterocycles. The van der Waals surface area contributed by atoms with Gasteiger partial charge in [0, 0.05) is 17.8 Å². The van der Waals surface area contributed by atoms with Gasteiger partial charge in [-0.1, -0.05) is 13.3 Å². The van der Waals surface area contributed by atoms with E-state index >= 15 is 0 Å². The summed E-state index contributed by atoms with van der Waals surface area (Å²) in [4.78, 5) is 26.4. The smallest absolute Gasteiger partial charge is 0.355 e. The van der Waals surface area contributed by atoms with Crippen LogP contribution in [-0.2, 0) is 4.79 Å². The molecule has 0 fully saturated rings. The number of carbonyl (C=O) groups is 2. The van der Waals surface area contributed by atoms with E-state index in [9.17, 15) is 9.59 Å². The molecule has 1 amide bonds. The lowest BCUT2D eigenvalue weighted by Crippen LogP contribution is -2.33. The molecule has 0 aliphatic rings. The summed E-state index contributed by atoms with van der Waals surface area (Å²) >= 11 is 1.22. The summed E-state index contributed by atoms with van der Waals surface area (Å²) in [5, 5.41) is 13.6. The molecular formula is C12H19N3O3S. The standard InChI is InChI=1S/C12H19N3O3S/c1-3-4-8(13)5-10(16)14-7(2)11-15-9(6-19-11)12(17)18/h6-8H,3-5,13H2,1-2H3,(H,14,16)(H,17,18). The van der Waals surface area contributed by atoms with Crippen LogP contribution >= 0.6 is 11.3 Å². The first-order valence-corrected chi connectivity index (χ1v) is 7.05. The second-order valence-electron chi connectivity index (χ2n) is 4.42. The van der Waals surface area contributed by atoms with Gasteiger partial charge in [0.15, 0.2) is 5.69 Å². The van der Waals surface area contributed by atoms with Crippen LogP contribution in [0.25, 0.3) is 0 Å². The van der Waals surface area contributed by atoms with E-state index in [-0.39, 0.29) is 30.1 Å². The molecule has 0 aliphatic heterocycles. The van der Waals surface area contributed by atoms with Crippen LogP contribution in [0.4, 0.5) is 0 Å². The zero-order valence-corrected chi connectivity index (χ0v) is 11.9. The van der Waals surface area contributed by atoms with E-state index < -0.39 is 5.97 Å². The fourth-order valence-corrected chi connectivity index (χ4v) is 2.46. The Morgan fingerprint density at radius 1 is 1.58 bits per heavy atom. The van der Waals surface area contributed by atoms with Crippen molar-refractivity contribution >= 4 is 23.2 Å². The van der Waals surface area contributed by atoms with Crippen LogP contribution in [0.5, 0.6) is 0 Å². The van der Waals surface area contributed by atoms with Gasteiger partial charge in [-0.25, -0.2) is 9.78 Å². The average Bonchev–Trinajstić information content (AvgIpc) is 2.77. The highest BCUT2D eigenvalue weighted by Gasteiger charge is 2.17. The Hall–Kier alpha value is -1.47. The van der Waals surface area contributed by atoms with Crippen molar-refractivity contribution in [2.45, 2.75) is 45.2 Å². The molecule has 0 radical (unpaired) electrons. The maximum Gasteiger partial charge on any atom is 0.355 e. The molecule has 0 aromatic carbocycles. The second kappa shape index (κ2) is 7.20. The Kier molecular flexibility index (Phi) is 5.91. The van der Waals surface area contributed by atoms with Gasteiger partial charge in [0.05, 0.1) is 6.04 Å². The van der Waals surface area contributed by atoms with E-state index in [1.54, 1.807) is 6.92 Å². The Labute approximate surface area is 116 Å². The van der Waals surface area contributed by atoms with Crippen LogP contribution in [-0.4, -0.2) is 28.0 Å². The molecule has 7 heteroatoms. The number of nitrogens with zero attached hydrogens (tertiary/aromatic N) is 1. The van der Waals surface area contributed by atoms with Gasteiger partial charge in [-0.05, 0) is 13.3 Å². The number of aromatic nitrogens is 1. The summed E-state index contributed by atoms with van der Waals surface area (Å²) in [5.74, 6) is -1.20. The summed E-state index contributed by atoms with van der Waals surface area (Å²) < 4.78 is 0. The van der Waals surface area contributed by atoms with Crippen molar-refractivity contribution in [3.05, 3.63) is 16.1 Å². The number of carboxylic acid groups (broad SMARTS) is 1. The molecule has 19 heavy (non-hydrogen) atoms. The lowest BCUT2D eigenvalue weighted by atomic mass is 10.1. The lowest BCUT2D eigenvalue weighted by molar-refractivity contribution is -0.122. The number of aromatic carboxylic acids is 1. The molecule has 0 spiro atoms. The molecule has 0 bridgehead atoms. The normalized spacial score (nSPS) is 13.8. The summed E-state index contributed by atoms with van der Waals surface area (Å²) in [6, 6.07) is -0.442. The largest absolute Gasteiger partial charge is 0.476 e. The molecule has 0 aliphatic carbocycles. The van der Waals surface area contributed by atoms with Gasteiger partial charge in [0.2, 0.25) is 5.91 Å². The number of hydrogen-bond donors (Lipinski definition) is 3. The minimum Gasteiger partial charge on any atom is -0.476 e. The molecule has 6 nitrogen and oxygen atoms in total. The van der Waals surface area contributed by atoms with E-state index in [0.717, 1.165) is 12.8 Å². The number of nitrogens with one attached hydrogen (secondary N) is 1. The third kappa shape index (κ3) is 4.96. The van der Waals surface area contributed by atoms with Crippen molar-refractivity contribution in [1.82, 2.24) is 10.3 Å². The van der Waals surface area contributed by atoms with Gasteiger partial charge in [-0.3, -0.25) is 4.79 Å². The third-order valence-electron chi connectivity index (χ3n) is 2.60. The molecule has 1 rings (SSSR count). The van der Waals surface area contributed by atoms with Crippen molar-refractivity contribution in [2.75, 3.05) is 0 Å². The van der Waals surface area contributed by atoms with Gasteiger partial charge in [-0.2, -0.15) is 0 Å². The Balaban J connectivity index is 2.51. The van der Waals surface area contributed by atoms with Gasteiger partial charge < -0.3 is 16.2 Å². The SMILES string of the molecule is CCCC(N)CC(=O)NC(C)c1nc(C(=O)O)cs1. The molecule has 1 heterocycles. The highest BCUT2D eigenvalue weighted by atomic mass is 32.1. The van der Waals surface area contributed by atoms with E-state index in [4.69, 9.17) is 10.8 Å². The summed E-state index contributed by atoms with van der Waals surface area (Å²) in [6.07, 6.45) is 2.02. The van der Waals surface area contributed by atoms with E-state index in [1.807, 2.05) is 6.92 Å². The van der Waals surface area contributed by atoms with Crippen molar-refractivity contribution in [1.29, 1.82) is 0 Å². The zero-order chi connectivity index (χ0) is 14.4. The maximum absolute atomic E-state index is 11.7. The first-order valence-electron chi connectivity index (χ1n) is 6.17. The Morgan fingerprint density at radius 2 is 2.26 bits per heavy atom. The monoisotopic (exact) mass is 285 g/mol. The Bertz CT molecular complexity index is 447. The molecule has 106 valence electrons. The minimum atomic E-state index is -1.06. The first-order chi connectivity index (χ1) is 8.93. The molecular weight excluding hydrogens is 266 g/mol. The number of carboxylic acids is 1. The molecule has 1 aromatic heterocycles. The lowest BCUT2D eigenvalue weighted by Gasteiger charge is -2.14. The average molecular weight is 285 g/mol. The van der Waals surface area contributed by atoms with E-state index in [1.165, 1.54) is 16.7 Å². The van der Waals surface area contributed by atoms with E-state index in [2.05, 4.69) is 10.3 Å². The number of carbonyl (C=O) groups excluding carboxylic acids is 1. The van der Waals surface area contributed by atoms with Gasteiger partial charge >= 0.3 is 5.97 Å². The summed E-state index contributed by atoms with van der Waals surface area (Å²) in [7, 11) is 0. The van der Waals surface area contributed by atoms with Crippen molar-refractivity contribution in [3.63, 3.8) is 0 Å². The van der Waals surface area contributed by atoms with Crippen LogP contribution < -0.4 is 11.1 Å². The molecule has 1 aromatic rings. The number of hydrogen-bond acceptors (Lipinski definition) is 5. The highest BCUT2D eigenvalue weighted by molar-refractivity contribution is 7.09.